The van der Waals surface area contributed by atoms with Crippen molar-refractivity contribution in [1.82, 2.24) is 5.32 Å². The Bertz CT molecular complexity index is 574. The van der Waals surface area contributed by atoms with E-state index in [1.54, 1.807) is 0 Å². The summed E-state index contributed by atoms with van der Waals surface area (Å²) in [7, 11) is 0. The fourth-order valence-electron chi connectivity index (χ4n) is 3.22. The minimum atomic E-state index is 0.828. The van der Waals surface area contributed by atoms with E-state index in [1.165, 1.54) is 54.5 Å². The van der Waals surface area contributed by atoms with E-state index in [9.17, 15) is 0 Å². The molecule has 24 heavy (non-hydrogen) atoms. The van der Waals surface area contributed by atoms with Gasteiger partial charge >= 0.3 is 0 Å². The van der Waals surface area contributed by atoms with E-state index in [0.29, 0.717) is 0 Å². The van der Waals surface area contributed by atoms with E-state index in [-0.39, 0.29) is 0 Å². The summed E-state index contributed by atoms with van der Waals surface area (Å²) in [5.41, 5.74) is 9.21. The molecule has 3 N–H and O–H groups in total. The van der Waals surface area contributed by atoms with Crippen molar-refractivity contribution >= 4 is 17.0 Å². The molecule has 1 heterocycles. The number of nitrogens with one attached hydrogen (secondary N) is 1. The molecule has 0 saturated heterocycles. The van der Waals surface area contributed by atoms with Crippen LogP contribution in [0.15, 0.2) is 35.7 Å². The first-order chi connectivity index (χ1) is 11.7. The molecular weight excluding hydrogens is 312 g/mol. The van der Waals surface area contributed by atoms with Crippen LogP contribution in [0.3, 0.4) is 0 Å². The molecule has 0 aliphatic heterocycles. The summed E-state index contributed by atoms with van der Waals surface area (Å²) < 4.78 is 0. The number of unbranched alkanes of at least 4 members (excludes halogenated alkanes) is 1. The molecule has 132 valence electrons. The van der Waals surface area contributed by atoms with Gasteiger partial charge in [0, 0.05) is 10.6 Å². The molecule has 0 aliphatic rings. The number of hydrogen-bond acceptors (Lipinski definition) is 3. The SMILES string of the molecule is CCCC(CCCCNCC)Cc1cc(-c2ccc(N)cc2)cs1. The van der Waals surface area contributed by atoms with Crippen molar-refractivity contribution in [3.05, 3.63) is 40.6 Å². The second kappa shape index (κ2) is 10.5. The molecule has 0 saturated carbocycles. The molecule has 0 fully saturated rings. The minimum Gasteiger partial charge on any atom is -0.399 e. The van der Waals surface area contributed by atoms with Crippen LogP contribution in [-0.2, 0) is 6.42 Å². The quantitative estimate of drug-likeness (QED) is 0.403. The molecule has 0 bridgehead atoms. The Balaban J connectivity index is 1.88. The monoisotopic (exact) mass is 344 g/mol. The van der Waals surface area contributed by atoms with Gasteiger partial charge < -0.3 is 11.1 Å². The van der Waals surface area contributed by atoms with Crippen LogP contribution in [0.25, 0.3) is 11.1 Å². The summed E-state index contributed by atoms with van der Waals surface area (Å²) in [6.45, 7) is 6.73. The lowest BCUT2D eigenvalue weighted by atomic mass is 9.92. The van der Waals surface area contributed by atoms with Crippen LogP contribution >= 0.6 is 11.3 Å². The first-order valence-corrected chi connectivity index (χ1v) is 10.2. The summed E-state index contributed by atoms with van der Waals surface area (Å²) in [5.74, 6) is 0.828. The summed E-state index contributed by atoms with van der Waals surface area (Å²) in [6, 6.07) is 10.6. The Kier molecular flexibility index (Phi) is 8.34. The molecule has 0 aliphatic carbocycles. The maximum atomic E-state index is 5.78. The molecule has 1 aromatic heterocycles. The Hall–Kier alpha value is -1.32. The molecule has 2 rings (SSSR count). The number of nitrogen functional groups attached to an aromatic ring is 1. The Morgan fingerprint density at radius 1 is 1.04 bits per heavy atom. The Morgan fingerprint density at radius 2 is 1.83 bits per heavy atom. The topological polar surface area (TPSA) is 38.0 Å². The number of hydrogen-bond donors (Lipinski definition) is 2. The maximum Gasteiger partial charge on any atom is 0.0314 e. The molecule has 1 atom stereocenters. The lowest BCUT2D eigenvalue weighted by molar-refractivity contribution is 0.422. The van der Waals surface area contributed by atoms with Gasteiger partial charge in [-0.25, -0.2) is 0 Å². The van der Waals surface area contributed by atoms with Gasteiger partial charge in [-0.1, -0.05) is 51.7 Å². The largest absolute Gasteiger partial charge is 0.399 e. The molecular formula is C21H32N2S. The van der Waals surface area contributed by atoms with Gasteiger partial charge in [0.25, 0.3) is 0 Å². The molecule has 2 nitrogen and oxygen atoms in total. The van der Waals surface area contributed by atoms with Gasteiger partial charge in [-0.05, 0) is 66.6 Å². The van der Waals surface area contributed by atoms with Crippen molar-refractivity contribution in [2.45, 2.75) is 52.4 Å². The van der Waals surface area contributed by atoms with E-state index in [1.807, 2.05) is 23.5 Å². The van der Waals surface area contributed by atoms with Gasteiger partial charge in [0.15, 0.2) is 0 Å². The number of nitrogens with two attached hydrogens (primary N) is 1. The van der Waals surface area contributed by atoms with Crippen LogP contribution in [0, 0.1) is 5.92 Å². The highest BCUT2D eigenvalue weighted by molar-refractivity contribution is 7.10. The third-order valence-electron chi connectivity index (χ3n) is 4.55. The first kappa shape index (κ1) is 19.0. The zero-order valence-corrected chi connectivity index (χ0v) is 16.0. The van der Waals surface area contributed by atoms with Crippen molar-refractivity contribution in [2.24, 2.45) is 5.92 Å². The maximum absolute atomic E-state index is 5.78. The first-order valence-electron chi connectivity index (χ1n) is 9.37. The summed E-state index contributed by atoms with van der Waals surface area (Å²) in [5, 5.41) is 5.71. The van der Waals surface area contributed by atoms with E-state index in [2.05, 4.69) is 42.7 Å². The normalized spacial score (nSPS) is 12.4. The molecule has 3 heteroatoms. The van der Waals surface area contributed by atoms with Crippen LogP contribution < -0.4 is 11.1 Å². The van der Waals surface area contributed by atoms with E-state index in [4.69, 9.17) is 5.73 Å². The molecule has 0 amide bonds. The average Bonchev–Trinajstić information content (AvgIpc) is 3.04. The number of anilines is 1. The van der Waals surface area contributed by atoms with E-state index in [0.717, 1.165) is 24.7 Å². The highest BCUT2D eigenvalue weighted by atomic mass is 32.1. The van der Waals surface area contributed by atoms with Crippen molar-refractivity contribution in [3.8, 4) is 11.1 Å². The van der Waals surface area contributed by atoms with Crippen molar-refractivity contribution in [1.29, 1.82) is 0 Å². The van der Waals surface area contributed by atoms with Gasteiger partial charge in [0.1, 0.15) is 0 Å². The third-order valence-corrected chi connectivity index (χ3v) is 5.51. The zero-order chi connectivity index (χ0) is 17.2. The summed E-state index contributed by atoms with van der Waals surface area (Å²) in [6.07, 6.45) is 7.86. The number of rotatable bonds is 11. The highest BCUT2D eigenvalue weighted by Gasteiger charge is 2.11. The van der Waals surface area contributed by atoms with Crippen LogP contribution in [0.2, 0.25) is 0 Å². The molecule has 0 radical (unpaired) electrons. The molecule has 1 unspecified atom stereocenters. The van der Waals surface area contributed by atoms with Gasteiger partial charge in [0.05, 0.1) is 0 Å². The second-order valence-corrected chi connectivity index (χ2v) is 7.63. The van der Waals surface area contributed by atoms with Crippen molar-refractivity contribution < 1.29 is 0 Å². The lowest BCUT2D eigenvalue weighted by Crippen LogP contribution is -2.14. The minimum absolute atomic E-state index is 0.828. The zero-order valence-electron chi connectivity index (χ0n) is 15.2. The van der Waals surface area contributed by atoms with E-state index >= 15 is 0 Å². The number of thiophene rings is 1. The van der Waals surface area contributed by atoms with Gasteiger partial charge in [-0.3, -0.25) is 0 Å². The van der Waals surface area contributed by atoms with Crippen molar-refractivity contribution in [2.75, 3.05) is 18.8 Å². The smallest absolute Gasteiger partial charge is 0.0314 e. The number of benzene rings is 1. The standard InChI is InChI=1S/C21H32N2S/c1-3-7-17(8-5-6-13-23-4-2)14-21-15-19(16-24-21)18-9-11-20(22)12-10-18/h9-12,15-17,23H,3-8,13-14,22H2,1-2H3. The molecule has 2 aromatic rings. The van der Waals surface area contributed by atoms with Gasteiger partial charge in [-0.2, -0.15) is 0 Å². The molecule has 1 aromatic carbocycles. The van der Waals surface area contributed by atoms with E-state index < -0.39 is 0 Å². The van der Waals surface area contributed by atoms with Crippen LogP contribution in [0.1, 0.15) is 50.8 Å². The fourth-order valence-corrected chi connectivity index (χ4v) is 4.23. The fraction of sp³-hybridized carbons (Fsp3) is 0.524. The summed E-state index contributed by atoms with van der Waals surface area (Å²) >= 11 is 1.91. The Morgan fingerprint density at radius 3 is 2.54 bits per heavy atom. The van der Waals surface area contributed by atoms with Gasteiger partial charge in [0.2, 0.25) is 0 Å². The van der Waals surface area contributed by atoms with Crippen LogP contribution in [0.5, 0.6) is 0 Å². The Labute approximate surface area is 151 Å². The molecule has 0 spiro atoms. The lowest BCUT2D eigenvalue weighted by Gasteiger charge is -2.15. The highest BCUT2D eigenvalue weighted by Crippen LogP contribution is 2.29. The van der Waals surface area contributed by atoms with Crippen molar-refractivity contribution in [3.63, 3.8) is 0 Å². The van der Waals surface area contributed by atoms with Gasteiger partial charge in [-0.15, -0.1) is 11.3 Å². The van der Waals surface area contributed by atoms with Crippen LogP contribution in [-0.4, -0.2) is 13.1 Å². The second-order valence-electron chi connectivity index (χ2n) is 6.63. The predicted octanol–water partition coefficient (Wildman–Crippen LogP) is 5.74. The average molecular weight is 345 g/mol. The summed E-state index contributed by atoms with van der Waals surface area (Å²) in [4.78, 5) is 1.52. The van der Waals surface area contributed by atoms with Crippen LogP contribution in [0.4, 0.5) is 5.69 Å². The predicted molar refractivity (Wildman–Crippen MR) is 109 cm³/mol. The third kappa shape index (κ3) is 6.29.